The molecule has 1 aromatic rings. The Labute approximate surface area is 90.9 Å². The molecular weight excluding hydrogens is 192 g/mol. The third kappa shape index (κ3) is 1.57. The SMILES string of the molecule is Cc1ccccc1C1(CCS)COC1. The highest BCUT2D eigenvalue weighted by atomic mass is 32.1. The second-order valence-corrected chi connectivity index (χ2v) is 4.51. The van der Waals surface area contributed by atoms with Crippen LogP contribution in [0.25, 0.3) is 0 Å². The van der Waals surface area contributed by atoms with Crippen molar-refractivity contribution in [3.63, 3.8) is 0 Å². The minimum Gasteiger partial charge on any atom is -0.379 e. The minimum atomic E-state index is 0.257. The van der Waals surface area contributed by atoms with Gasteiger partial charge in [-0.05, 0) is 30.2 Å². The van der Waals surface area contributed by atoms with Gasteiger partial charge in [-0.3, -0.25) is 0 Å². The second kappa shape index (κ2) is 3.95. The fourth-order valence-corrected chi connectivity index (χ4v) is 2.59. The first-order chi connectivity index (χ1) is 6.78. The summed E-state index contributed by atoms with van der Waals surface area (Å²) in [5.41, 5.74) is 3.07. The number of rotatable bonds is 3. The summed E-state index contributed by atoms with van der Waals surface area (Å²) in [6.45, 7) is 3.89. The average molecular weight is 208 g/mol. The fourth-order valence-electron chi connectivity index (χ4n) is 2.16. The second-order valence-electron chi connectivity index (χ2n) is 4.06. The molecule has 0 bridgehead atoms. The molecule has 1 aliphatic rings. The zero-order chi connectivity index (χ0) is 10.0. The highest BCUT2D eigenvalue weighted by Gasteiger charge is 2.40. The Morgan fingerprint density at radius 3 is 2.57 bits per heavy atom. The van der Waals surface area contributed by atoms with Crippen LogP contribution in [0.1, 0.15) is 17.5 Å². The van der Waals surface area contributed by atoms with E-state index in [1.165, 1.54) is 11.1 Å². The molecule has 1 saturated heterocycles. The van der Waals surface area contributed by atoms with Crippen LogP contribution >= 0.6 is 12.6 Å². The van der Waals surface area contributed by atoms with E-state index >= 15 is 0 Å². The predicted octanol–water partition coefficient (Wildman–Crippen LogP) is 2.58. The monoisotopic (exact) mass is 208 g/mol. The van der Waals surface area contributed by atoms with Crippen molar-refractivity contribution in [2.75, 3.05) is 19.0 Å². The van der Waals surface area contributed by atoms with Gasteiger partial charge in [-0.25, -0.2) is 0 Å². The van der Waals surface area contributed by atoms with E-state index in [-0.39, 0.29) is 5.41 Å². The minimum absolute atomic E-state index is 0.257. The third-order valence-corrected chi connectivity index (χ3v) is 3.29. The molecule has 2 heteroatoms. The lowest BCUT2D eigenvalue weighted by atomic mass is 9.74. The first-order valence-corrected chi connectivity index (χ1v) is 5.66. The van der Waals surface area contributed by atoms with Crippen molar-refractivity contribution in [2.45, 2.75) is 18.8 Å². The lowest BCUT2D eigenvalue weighted by Gasteiger charge is -2.42. The zero-order valence-corrected chi connectivity index (χ0v) is 9.39. The van der Waals surface area contributed by atoms with Gasteiger partial charge in [-0.1, -0.05) is 24.3 Å². The van der Waals surface area contributed by atoms with E-state index < -0.39 is 0 Å². The Morgan fingerprint density at radius 1 is 1.36 bits per heavy atom. The highest BCUT2D eigenvalue weighted by Crippen LogP contribution is 2.37. The molecule has 0 radical (unpaired) electrons. The molecule has 0 unspecified atom stereocenters. The summed E-state index contributed by atoms with van der Waals surface area (Å²) < 4.78 is 5.37. The summed E-state index contributed by atoms with van der Waals surface area (Å²) in [6, 6.07) is 8.60. The smallest absolute Gasteiger partial charge is 0.0586 e. The van der Waals surface area contributed by atoms with Gasteiger partial charge in [0.1, 0.15) is 0 Å². The number of thiol groups is 1. The van der Waals surface area contributed by atoms with Gasteiger partial charge in [0.2, 0.25) is 0 Å². The van der Waals surface area contributed by atoms with Gasteiger partial charge in [0, 0.05) is 5.41 Å². The van der Waals surface area contributed by atoms with E-state index in [0.717, 1.165) is 25.4 Å². The molecular formula is C12H16OS. The lowest BCUT2D eigenvalue weighted by Crippen LogP contribution is -2.47. The highest BCUT2D eigenvalue weighted by molar-refractivity contribution is 7.80. The van der Waals surface area contributed by atoms with E-state index in [2.05, 4.69) is 43.8 Å². The molecule has 1 fully saturated rings. The quantitative estimate of drug-likeness (QED) is 0.751. The van der Waals surface area contributed by atoms with Crippen LogP contribution in [0.3, 0.4) is 0 Å². The van der Waals surface area contributed by atoms with Gasteiger partial charge < -0.3 is 4.74 Å². The normalized spacial score (nSPS) is 19.0. The molecule has 0 spiro atoms. The van der Waals surface area contributed by atoms with Crippen molar-refractivity contribution in [3.05, 3.63) is 35.4 Å². The van der Waals surface area contributed by atoms with Crippen LogP contribution in [0.15, 0.2) is 24.3 Å². The molecule has 1 nitrogen and oxygen atoms in total. The van der Waals surface area contributed by atoms with Crippen molar-refractivity contribution in [1.29, 1.82) is 0 Å². The molecule has 1 heterocycles. The van der Waals surface area contributed by atoms with Gasteiger partial charge >= 0.3 is 0 Å². The number of ether oxygens (including phenoxy) is 1. The fraction of sp³-hybridized carbons (Fsp3) is 0.500. The van der Waals surface area contributed by atoms with E-state index in [9.17, 15) is 0 Å². The van der Waals surface area contributed by atoms with Gasteiger partial charge in [-0.2, -0.15) is 12.6 Å². The first kappa shape index (κ1) is 10.1. The van der Waals surface area contributed by atoms with Gasteiger partial charge in [0.25, 0.3) is 0 Å². The van der Waals surface area contributed by atoms with Crippen LogP contribution in [0.4, 0.5) is 0 Å². The third-order valence-electron chi connectivity index (χ3n) is 3.06. The van der Waals surface area contributed by atoms with Crippen LogP contribution in [0.2, 0.25) is 0 Å². The van der Waals surface area contributed by atoms with E-state index in [1.807, 2.05) is 0 Å². The molecule has 0 amide bonds. The first-order valence-electron chi connectivity index (χ1n) is 5.03. The Balaban J connectivity index is 2.32. The lowest BCUT2D eigenvalue weighted by molar-refractivity contribution is -0.0616. The Hall–Kier alpha value is -0.470. The molecule has 1 aliphatic heterocycles. The van der Waals surface area contributed by atoms with Crippen LogP contribution < -0.4 is 0 Å². The van der Waals surface area contributed by atoms with Crippen LogP contribution in [-0.2, 0) is 10.2 Å². The Kier molecular flexibility index (Phi) is 2.84. The maximum absolute atomic E-state index is 5.37. The number of hydrogen-bond donors (Lipinski definition) is 1. The Bertz CT molecular complexity index is 318. The number of benzene rings is 1. The summed E-state index contributed by atoms with van der Waals surface area (Å²) in [5.74, 6) is 0.928. The molecule has 0 aromatic heterocycles. The van der Waals surface area contributed by atoms with Crippen molar-refractivity contribution in [3.8, 4) is 0 Å². The van der Waals surface area contributed by atoms with Crippen molar-refractivity contribution < 1.29 is 4.74 Å². The summed E-state index contributed by atoms with van der Waals surface area (Å²) in [5, 5.41) is 0. The van der Waals surface area contributed by atoms with E-state index in [1.54, 1.807) is 0 Å². The van der Waals surface area contributed by atoms with Crippen LogP contribution in [0, 0.1) is 6.92 Å². The molecule has 0 N–H and O–H groups in total. The van der Waals surface area contributed by atoms with E-state index in [0.29, 0.717) is 0 Å². The number of aryl methyl sites for hydroxylation is 1. The standard InChI is InChI=1S/C12H16OS/c1-10-4-2-3-5-11(10)12(6-7-14)8-13-9-12/h2-5,14H,6-9H2,1H3. The predicted molar refractivity (Wildman–Crippen MR) is 62.1 cm³/mol. The van der Waals surface area contributed by atoms with E-state index in [4.69, 9.17) is 4.74 Å². The molecule has 76 valence electrons. The van der Waals surface area contributed by atoms with Gasteiger partial charge in [0.15, 0.2) is 0 Å². The van der Waals surface area contributed by atoms with Crippen LogP contribution in [0.5, 0.6) is 0 Å². The summed E-state index contributed by atoms with van der Waals surface area (Å²) in [6.07, 6.45) is 1.11. The Morgan fingerprint density at radius 2 is 2.07 bits per heavy atom. The summed E-state index contributed by atoms with van der Waals surface area (Å²) in [4.78, 5) is 0. The molecule has 1 aromatic carbocycles. The molecule has 0 saturated carbocycles. The molecule has 0 atom stereocenters. The van der Waals surface area contributed by atoms with Crippen molar-refractivity contribution in [1.82, 2.24) is 0 Å². The zero-order valence-electron chi connectivity index (χ0n) is 8.49. The maximum Gasteiger partial charge on any atom is 0.0586 e. The topological polar surface area (TPSA) is 9.23 Å². The average Bonchev–Trinajstić information content (AvgIpc) is 2.13. The van der Waals surface area contributed by atoms with Gasteiger partial charge in [0.05, 0.1) is 13.2 Å². The van der Waals surface area contributed by atoms with Crippen LogP contribution in [-0.4, -0.2) is 19.0 Å². The molecule has 14 heavy (non-hydrogen) atoms. The largest absolute Gasteiger partial charge is 0.379 e. The van der Waals surface area contributed by atoms with Crippen molar-refractivity contribution in [2.24, 2.45) is 0 Å². The van der Waals surface area contributed by atoms with Gasteiger partial charge in [-0.15, -0.1) is 0 Å². The molecule has 2 rings (SSSR count). The summed E-state index contributed by atoms with van der Waals surface area (Å²) in [7, 11) is 0. The number of hydrogen-bond acceptors (Lipinski definition) is 2. The maximum atomic E-state index is 5.37. The summed E-state index contributed by atoms with van der Waals surface area (Å²) >= 11 is 4.33. The molecule has 0 aliphatic carbocycles. The van der Waals surface area contributed by atoms with Crippen molar-refractivity contribution >= 4 is 12.6 Å².